The van der Waals surface area contributed by atoms with Gasteiger partial charge in [0, 0.05) is 30.9 Å². The number of carbonyl (C=O) groups excluding carboxylic acids is 4. The van der Waals surface area contributed by atoms with Crippen LogP contribution in [0.25, 0.3) is 0 Å². The molecule has 1 aliphatic heterocycles. The largest absolute Gasteiger partial charge is 0.456 e. The Hall–Kier alpha value is -5.13. The summed E-state index contributed by atoms with van der Waals surface area (Å²) in [6, 6.07) is 18.1. The summed E-state index contributed by atoms with van der Waals surface area (Å²) in [5.74, 6) is -1.64. The van der Waals surface area contributed by atoms with Crippen LogP contribution in [0.4, 0.5) is 31.0 Å². The van der Waals surface area contributed by atoms with Crippen molar-refractivity contribution in [3.8, 4) is 0 Å². The molecule has 48 heavy (non-hydrogen) atoms. The molecule has 0 bridgehead atoms. The molecule has 2 N–H and O–H groups in total. The number of hydrogen-bond acceptors (Lipinski definition) is 9. The molecule has 3 aromatic rings. The highest BCUT2D eigenvalue weighted by molar-refractivity contribution is 5.85. The van der Waals surface area contributed by atoms with Gasteiger partial charge in [-0.1, -0.05) is 24.3 Å². The van der Waals surface area contributed by atoms with Gasteiger partial charge in [-0.2, -0.15) is 0 Å². The minimum atomic E-state index is -1.01. The molecule has 256 valence electrons. The molecule has 0 saturated carbocycles. The fourth-order valence-corrected chi connectivity index (χ4v) is 5.50. The van der Waals surface area contributed by atoms with E-state index in [1.165, 1.54) is 26.0 Å². The van der Waals surface area contributed by atoms with Gasteiger partial charge < -0.3 is 23.8 Å². The second-order valence-electron chi connectivity index (χ2n) is 13.4. The molecule has 11 nitrogen and oxygen atoms in total. The van der Waals surface area contributed by atoms with E-state index in [0.717, 1.165) is 0 Å². The summed E-state index contributed by atoms with van der Waals surface area (Å²) in [7, 11) is 0. The normalized spacial score (nSPS) is 19.2. The van der Waals surface area contributed by atoms with Crippen LogP contribution in [0.5, 0.6) is 0 Å². The van der Waals surface area contributed by atoms with E-state index in [2.05, 4.69) is 10.6 Å². The van der Waals surface area contributed by atoms with Gasteiger partial charge in [0.05, 0.1) is 12.1 Å². The van der Waals surface area contributed by atoms with Crippen LogP contribution >= 0.6 is 0 Å². The molecule has 0 aliphatic carbocycles. The maximum absolute atomic E-state index is 14.2. The SMILES string of the molecule is CC(=O)OC1[C@H](OC(C)=O)[C@H](c2ccc(NC(=O)OC(C)(C)C)cc2)N(c2ccc(F)cc2)[C@H]1c1ccc(NC(=O)OC(C)(C)C)cc1. The second kappa shape index (κ2) is 14.3. The van der Waals surface area contributed by atoms with Crippen LogP contribution in [0, 0.1) is 5.82 Å². The first-order chi connectivity index (χ1) is 22.4. The summed E-state index contributed by atoms with van der Waals surface area (Å²) in [6.45, 7) is 13.1. The van der Waals surface area contributed by atoms with Gasteiger partial charge >= 0.3 is 24.1 Å². The van der Waals surface area contributed by atoms with Gasteiger partial charge in [-0.05, 0) is 101 Å². The zero-order valence-electron chi connectivity index (χ0n) is 28.3. The molecule has 1 saturated heterocycles. The van der Waals surface area contributed by atoms with Crippen molar-refractivity contribution in [3.05, 3.63) is 89.7 Å². The lowest BCUT2D eigenvalue weighted by molar-refractivity contribution is -0.164. The number of anilines is 3. The van der Waals surface area contributed by atoms with Crippen LogP contribution in [0.3, 0.4) is 0 Å². The monoisotopic (exact) mass is 663 g/mol. The van der Waals surface area contributed by atoms with Crippen molar-refractivity contribution in [2.24, 2.45) is 0 Å². The molecule has 4 atom stereocenters. The van der Waals surface area contributed by atoms with Crippen molar-refractivity contribution < 1.29 is 42.5 Å². The van der Waals surface area contributed by atoms with Crippen molar-refractivity contribution in [1.82, 2.24) is 0 Å². The van der Waals surface area contributed by atoms with Crippen molar-refractivity contribution in [1.29, 1.82) is 0 Å². The first-order valence-electron chi connectivity index (χ1n) is 15.5. The Morgan fingerprint density at radius 3 is 1.27 bits per heavy atom. The summed E-state index contributed by atoms with van der Waals surface area (Å²) < 4.78 is 36.7. The van der Waals surface area contributed by atoms with Crippen LogP contribution in [-0.4, -0.2) is 47.5 Å². The number of amides is 2. The predicted molar refractivity (Wildman–Crippen MR) is 178 cm³/mol. The summed E-state index contributed by atoms with van der Waals surface area (Å²) in [6.07, 6.45) is -3.26. The average molecular weight is 664 g/mol. The van der Waals surface area contributed by atoms with Gasteiger partial charge in [-0.3, -0.25) is 20.2 Å². The fraction of sp³-hybridized carbons (Fsp3) is 0.389. The highest BCUT2D eigenvalue weighted by Gasteiger charge is 2.54. The van der Waals surface area contributed by atoms with Crippen molar-refractivity contribution >= 4 is 41.2 Å². The van der Waals surface area contributed by atoms with Crippen molar-refractivity contribution in [2.75, 3.05) is 15.5 Å². The van der Waals surface area contributed by atoms with E-state index in [-0.39, 0.29) is 0 Å². The van der Waals surface area contributed by atoms with Gasteiger partial charge in [0.1, 0.15) is 17.0 Å². The first kappa shape index (κ1) is 35.7. The quantitative estimate of drug-likeness (QED) is 0.193. The highest BCUT2D eigenvalue weighted by atomic mass is 19.1. The van der Waals surface area contributed by atoms with E-state index in [4.69, 9.17) is 18.9 Å². The Morgan fingerprint density at radius 2 is 0.958 bits per heavy atom. The van der Waals surface area contributed by atoms with Crippen LogP contribution < -0.4 is 15.5 Å². The Labute approximate surface area is 279 Å². The second-order valence-corrected chi connectivity index (χ2v) is 13.4. The van der Waals surface area contributed by atoms with Crippen LogP contribution in [0.1, 0.15) is 78.6 Å². The number of nitrogens with one attached hydrogen (secondary N) is 2. The zero-order chi connectivity index (χ0) is 35.4. The topological polar surface area (TPSA) is 132 Å². The number of benzene rings is 3. The zero-order valence-corrected chi connectivity index (χ0v) is 28.3. The third kappa shape index (κ3) is 9.46. The van der Waals surface area contributed by atoms with Gasteiger partial charge in [0.25, 0.3) is 0 Å². The minimum absolute atomic E-state index is 0.450. The molecule has 1 heterocycles. The molecule has 4 rings (SSSR count). The molecular weight excluding hydrogens is 621 g/mol. The van der Waals surface area contributed by atoms with E-state index < -0.39 is 65.4 Å². The Kier molecular flexibility index (Phi) is 10.7. The van der Waals surface area contributed by atoms with E-state index in [1.54, 1.807) is 102 Å². The molecule has 0 spiro atoms. The fourth-order valence-electron chi connectivity index (χ4n) is 5.50. The molecular formula is C36H42FN3O8. The Balaban J connectivity index is 1.80. The molecule has 0 aromatic heterocycles. The Bertz CT molecular complexity index is 1510. The molecule has 1 aliphatic rings. The van der Waals surface area contributed by atoms with Crippen LogP contribution in [-0.2, 0) is 28.5 Å². The van der Waals surface area contributed by atoms with E-state index in [1.807, 2.05) is 4.90 Å². The summed E-state index contributed by atoms with van der Waals surface area (Å²) >= 11 is 0. The van der Waals surface area contributed by atoms with E-state index >= 15 is 0 Å². The smallest absolute Gasteiger partial charge is 0.412 e. The number of carbonyl (C=O) groups is 4. The first-order valence-corrected chi connectivity index (χ1v) is 15.5. The molecule has 2 amide bonds. The number of nitrogens with zero attached hydrogens (tertiary/aromatic N) is 1. The maximum atomic E-state index is 14.2. The molecule has 1 unspecified atom stereocenters. The third-order valence-electron chi connectivity index (χ3n) is 7.07. The van der Waals surface area contributed by atoms with Crippen LogP contribution in [0.15, 0.2) is 72.8 Å². The lowest BCUT2D eigenvalue weighted by Crippen LogP contribution is -2.35. The summed E-state index contributed by atoms with van der Waals surface area (Å²) in [5.41, 5.74) is 1.42. The number of esters is 2. The van der Waals surface area contributed by atoms with E-state index in [9.17, 15) is 23.6 Å². The molecule has 3 aromatic carbocycles. The number of rotatable bonds is 7. The van der Waals surface area contributed by atoms with Crippen LogP contribution in [0.2, 0.25) is 0 Å². The number of ether oxygens (including phenoxy) is 4. The van der Waals surface area contributed by atoms with E-state index in [0.29, 0.717) is 28.2 Å². The Morgan fingerprint density at radius 1 is 0.604 bits per heavy atom. The van der Waals surface area contributed by atoms with Gasteiger partial charge in [-0.15, -0.1) is 0 Å². The lowest BCUT2D eigenvalue weighted by atomic mass is 9.97. The van der Waals surface area contributed by atoms with Gasteiger partial charge in [0.15, 0.2) is 12.2 Å². The molecule has 1 fully saturated rings. The lowest BCUT2D eigenvalue weighted by Gasteiger charge is -2.33. The number of hydrogen-bond donors (Lipinski definition) is 2. The minimum Gasteiger partial charge on any atom is -0.456 e. The van der Waals surface area contributed by atoms with Gasteiger partial charge in [0.2, 0.25) is 0 Å². The molecule has 0 radical (unpaired) electrons. The standard InChI is InChI=1S/C36H42FN3O8/c1-21(41)45-31-29(23-9-15-26(16-10-23)38-33(43)47-35(3,4)5)40(28-19-13-25(37)14-20-28)30(32(31)46-22(2)42)24-11-17-27(18-12-24)39-34(44)48-36(6,7)8/h9-20,29-32H,1-8H3,(H,38,43)(H,39,44)/t29-,30-,31+,32?/m0/s1. The highest BCUT2D eigenvalue weighted by Crippen LogP contribution is 2.50. The maximum Gasteiger partial charge on any atom is 0.412 e. The third-order valence-corrected chi connectivity index (χ3v) is 7.07. The summed E-state index contributed by atoms with van der Waals surface area (Å²) in [4.78, 5) is 51.7. The predicted octanol–water partition coefficient (Wildman–Crippen LogP) is 7.69. The van der Waals surface area contributed by atoms with Gasteiger partial charge in [-0.25, -0.2) is 14.0 Å². The van der Waals surface area contributed by atoms with Crippen molar-refractivity contribution in [3.63, 3.8) is 0 Å². The summed E-state index contributed by atoms with van der Waals surface area (Å²) in [5, 5.41) is 5.40. The number of halogens is 1. The van der Waals surface area contributed by atoms with Crippen molar-refractivity contribution in [2.45, 2.75) is 90.9 Å². The molecule has 12 heteroatoms. The average Bonchev–Trinajstić information content (AvgIpc) is 3.24.